The van der Waals surface area contributed by atoms with Gasteiger partial charge in [0.05, 0.1) is 0 Å². The summed E-state index contributed by atoms with van der Waals surface area (Å²) in [6.45, 7) is -0.292. The number of hydrogen-bond acceptors (Lipinski definition) is 3. The molecule has 0 saturated heterocycles. The number of carbonyl (C=O) groups excluding carboxylic acids is 1. The highest BCUT2D eigenvalue weighted by atomic mass is 16.4. The van der Waals surface area contributed by atoms with Gasteiger partial charge in [-0.15, -0.1) is 0 Å². The molecule has 1 aromatic rings. The summed E-state index contributed by atoms with van der Waals surface area (Å²) in [4.78, 5) is 22.2. The lowest BCUT2D eigenvalue weighted by Crippen LogP contribution is -2.40. The highest BCUT2D eigenvalue weighted by Crippen LogP contribution is 2.01. The van der Waals surface area contributed by atoms with E-state index in [1.54, 1.807) is 6.08 Å². The van der Waals surface area contributed by atoms with Crippen molar-refractivity contribution < 1.29 is 19.8 Å². The second kappa shape index (κ2) is 7.24. The Bertz CT molecular complexity index is 428. The van der Waals surface area contributed by atoms with Crippen LogP contribution in [-0.2, 0) is 9.59 Å². The van der Waals surface area contributed by atoms with Crippen LogP contribution in [0.15, 0.2) is 36.4 Å². The molecule has 0 aliphatic rings. The summed E-state index contributed by atoms with van der Waals surface area (Å²) in [7, 11) is 0. The third kappa shape index (κ3) is 4.80. The molecule has 1 atom stereocenters. The maximum absolute atomic E-state index is 11.5. The van der Waals surface area contributed by atoms with E-state index in [-0.39, 0.29) is 13.0 Å². The van der Waals surface area contributed by atoms with E-state index < -0.39 is 17.9 Å². The zero-order chi connectivity index (χ0) is 13.4. The molecule has 0 fully saturated rings. The molecule has 0 aliphatic carbocycles. The van der Waals surface area contributed by atoms with E-state index >= 15 is 0 Å². The minimum atomic E-state index is -1.16. The van der Waals surface area contributed by atoms with Crippen LogP contribution in [0.25, 0.3) is 6.08 Å². The number of carboxylic acid groups (broad SMARTS) is 1. The number of benzene rings is 1. The molecule has 5 nitrogen and oxygen atoms in total. The van der Waals surface area contributed by atoms with E-state index in [1.807, 2.05) is 30.3 Å². The molecule has 1 aromatic carbocycles. The molecule has 0 radical (unpaired) electrons. The molecular formula is C13H15NO4. The second-order valence-corrected chi connectivity index (χ2v) is 3.66. The van der Waals surface area contributed by atoms with E-state index in [0.717, 1.165) is 5.56 Å². The molecule has 96 valence electrons. The maximum Gasteiger partial charge on any atom is 0.326 e. The van der Waals surface area contributed by atoms with E-state index in [9.17, 15) is 9.59 Å². The summed E-state index contributed by atoms with van der Waals surface area (Å²) >= 11 is 0. The van der Waals surface area contributed by atoms with Crippen molar-refractivity contribution in [3.8, 4) is 0 Å². The van der Waals surface area contributed by atoms with Gasteiger partial charge in [0.1, 0.15) is 6.04 Å². The molecule has 1 rings (SSSR count). The summed E-state index contributed by atoms with van der Waals surface area (Å²) in [5.41, 5.74) is 0.849. The lowest BCUT2D eigenvalue weighted by atomic mass is 10.2. The Kier molecular flexibility index (Phi) is 5.60. The van der Waals surface area contributed by atoms with E-state index in [0.29, 0.717) is 0 Å². The maximum atomic E-state index is 11.5. The van der Waals surface area contributed by atoms with Gasteiger partial charge in [-0.05, 0) is 11.6 Å². The van der Waals surface area contributed by atoms with Crippen LogP contribution in [-0.4, -0.2) is 34.7 Å². The minimum absolute atomic E-state index is 0.0136. The highest BCUT2D eigenvalue weighted by Gasteiger charge is 2.17. The average molecular weight is 249 g/mol. The number of amides is 1. The number of carboxylic acids is 1. The third-order valence-electron chi connectivity index (χ3n) is 2.26. The van der Waals surface area contributed by atoms with Gasteiger partial charge in [0.25, 0.3) is 0 Å². The van der Waals surface area contributed by atoms with E-state index in [2.05, 4.69) is 5.32 Å². The number of aliphatic hydroxyl groups excluding tert-OH is 1. The smallest absolute Gasteiger partial charge is 0.326 e. The Morgan fingerprint density at radius 3 is 2.50 bits per heavy atom. The van der Waals surface area contributed by atoms with Crippen molar-refractivity contribution in [2.75, 3.05) is 6.61 Å². The van der Waals surface area contributed by atoms with Gasteiger partial charge in [-0.25, -0.2) is 4.79 Å². The summed E-state index contributed by atoms with van der Waals surface area (Å²) in [5, 5.41) is 19.8. The Hall–Kier alpha value is -2.14. The summed E-state index contributed by atoms with van der Waals surface area (Å²) in [6.07, 6.45) is 2.84. The van der Waals surface area contributed by atoms with Crippen molar-refractivity contribution in [2.45, 2.75) is 12.5 Å². The van der Waals surface area contributed by atoms with E-state index in [1.165, 1.54) is 6.08 Å². The van der Waals surface area contributed by atoms with Gasteiger partial charge in [-0.2, -0.15) is 0 Å². The fraction of sp³-hybridized carbons (Fsp3) is 0.231. The fourth-order valence-corrected chi connectivity index (χ4v) is 1.34. The van der Waals surface area contributed by atoms with Crippen LogP contribution in [0.5, 0.6) is 0 Å². The molecule has 0 spiro atoms. The number of nitrogens with one attached hydrogen (secondary N) is 1. The number of hydrogen-bond donors (Lipinski definition) is 3. The van der Waals surface area contributed by atoms with Crippen molar-refractivity contribution in [2.24, 2.45) is 0 Å². The Morgan fingerprint density at radius 1 is 1.28 bits per heavy atom. The third-order valence-corrected chi connectivity index (χ3v) is 2.26. The number of aliphatic carboxylic acids is 1. The number of carbonyl (C=O) groups is 2. The first-order chi connectivity index (χ1) is 8.63. The summed E-state index contributed by atoms with van der Waals surface area (Å²) in [5.74, 6) is -1.66. The standard InChI is InChI=1S/C13H15NO4/c15-9-8-11(13(17)18)14-12(16)7-6-10-4-2-1-3-5-10/h1-7,11,15H,8-9H2,(H,14,16)(H,17,18)/b7-6+. The molecule has 0 aromatic heterocycles. The van der Waals surface area contributed by atoms with Gasteiger partial charge in [0.15, 0.2) is 0 Å². The Balaban J connectivity index is 2.55. The molecule has 0 aliphatic heterocycles. The first-order valence-electron chi connectivity index (χ1n) is 5.51. The molecule has 18 heavy (non-hydrogen) atoms. The zero-order valence-corrected chi connectivity index (χ0v) is 9.74. The molecule has 5 heteroatoms. The lowest BCUT2D eigenvalue weighted by molar-refractivity contribution is -0.141. The molecule has 1 amide bonds. The van der Waals surface area contributed by atoms with Crippen LogP contribution in [0, 0.1) is 0 Å². The SMILES string of the molecule is O=C(/C=C/c1ccccc1)NC(CCO)C(=O)O. The topological polar surface area (TPSA) is 86.6 Å². The average Bonchev–Trinajstić information content (AvgIpc) is 2.37. The first kappa shape index (κ1) is 13.9. The van der Waals surface area contributed by atoms with Crippen LogP contribution in [0.3, 0.4) is 0 Å². The second-order valence-electron chi connectivity index (χ2n) is 3.66. The van der Waals surface area contributed by atoms with Gasteiger partial charge < -0.3 is 15.5 Å². The monoisotopic (exact) mass is 249 g/mol. The van der Waals surface area contributed by atoms with Crippen molar-refractivity contribution in [3.63, 3.8) is 0 Å². The zero-order valence-electron chi connectivity index (χ0n) is 9.74. The van der Waals surface area contributed by atoms with Gasteiger partial charge in [-0.3, -0.25) is 4.79 Å². The van der Waals surface area contributed by atoms with Crippen molar-refractivity contribution in [1.29, 1.82) is 0 Å². The van der Waals surface area contributed by atoms with Crippen molar-refractivity contribution in [1.82, 2.24) is 5.32 Å². The quantitative estimate of drug-likeness (QED) is 0.646. The Labute approximate surface area is 105 Å². The van der Waals surface area contributed by atoms with Crippen LogP contribution in [0.1, 0.15) is 12.0 Å². The summed E-state index contributed by atoms with van der Waals surface area (Å²) < 4.78 is 0. The molecular weight excluding hydrogens is 234 g/mol. The number of rotatable bonds is 6. The highest BCUT2D eigenvalue weighted by molar-refractivity contribution is 5.94. The van der Waals surface area contributed by atoms with Crippen LogP contribution in [0.2, 0.25) is 0 Å². The fourth-order valence-electron chi connectivity index (χ4n) is 1.34. The number of aliphatic hydroxyl groups is 1. The molecule has 3 N–H and O–H groups in total. The molecule has 0 saturated carbocycles. The molecule has 0 bridgehead atoms. The van der Waals surface area contributed by atoms with Crippen LogP contribution < -0.4 is 5.32 Å². The van der Waals surface area contributed by atoms with E-state index in [4.69, 9.17) is 10.2 Å². The van der Waals surface area contributed by atoms with Gasteiger partial charge in [-0.1, -0.05) is 30.3 Å². The van der Waals surface area contributed by atoms with Crippen LogP contribution >= 0.6 is 0 Å². The van der Waals surface area contributed by atoms with Gasteiger partial charge in [0.2, 0.25) is 5.91 Å². The predicted molar refractivity (Wildman–Crippen MR) is 66.7 cm³/mol. The Morgan fingerprint density at radius 2 is 1.94 bits per heavy atom. The molecule has 1 unspecified atom stereocenters. The lowest BCUT2D eigenvalue weighted by Gasteiger charge is -2.11. The normalized spacial score (nSPS) is 12.3. The van der Waals surface area contributed by atoms with Crippen LogP contribution in [0.4, 0.5) is 0 Å². The van der Waals surface area contributed by atoms with Gasteiger partial charge >= 0.3 is 5.97 Å². The minimum Gasteiger partial charge on any atom is -0.480 e. The van der Waals surface area contributed by atoms with Crippen molar-refractivity contribution >= 4 is 18.0 Å². The molecule has 0 heterocycles. The predicted octanol–water partition coefficient (Wildman–Crippen LogP) is 0.652. The van der Waals surface area contributed by atoms with Crippen molar-refractivity contribution in [3.05, 3.63) is 42.0 Å². The largest absolute Gasteiger partial charge is 0.480 e. The summed E-state index contributed by atoms with van der Waals surface area (Å²) in [6, 6.07) is 8.12. The van der Waals surface area contributed by atoms with Gasteiger partial charge in [0, 0.05) is 19.1 Å². The first-order valence-corrected chi connectivity index (χ1v) is 5.51.